The Morgan fingerprint density at radius 1 is 1.22 bits per heavy atom. The number of carbonyl (C=O) groups excluding carboxylic acids is 1. The molecule has 23 heavy (non-hydrogen) atoms. The Labute approximate surface area is 136 Å². The van der Waals surface area contributed by atoms with Crippen molar-refractivity contribution in [2.75, 3.05) is 13.1 Å². The second kappa shape index (κ2) is 5.96. The Bertz CT molecular complexity index is 723. The van der Waals surface area contributed by atoms with Crippen molar-refractivity contribution in [2.45, 2.75) is 37.3 Å². The van der Waals surface area contributed by atoms with Crippen LogP contribution in [0.15, 0.2) is 29.2 Å². The maximum Gasteiger partial charge on any atom is 0.311 e. The smallest absolute Gasteiger partial charge is 0.311 e. The molecule has 0 radical (unpaired) electrons. The third-order valence-electron chi connectivity index (χ3n) is 4.33. The molecule has 0 saturated carbocycles. The monoisotopic (exact) mass is 339 g/mol. The molecule has 1 N–H and O–H groups in total. The summed E-state index contributed by atoms with van der Waals surface area (Å²) in [4.78, 5) is 25.4. The number of rotatable bonds is 4. The van der Waals surface area contributed by atoms with E-state index >= 15 is 0 Å². The highest BCUT2D eigenvalue weighted by Crippen LogP contribution is 2.31. The minimum Gasteiger partial charge on any atom is -0.481 e. The summed E-state index contributed by atoms with van der Waals surface area (Å²) in [6.07, 6.45) is 0.411. The van der Waals surface area contributed by atoms with Crippen LogP contribution in [0.3, 0.4) is 0 Å². The first kappa shape index (κ1) is 17.5. The fourth-order valence-corrected chi connectivity index (χ4v) is 3.61. The van der Waals surface area contributed by atoms with Crippen LogP contribution in [0.5, 0.6) is 0 Å². The average Bonchev–Trinajstić information content (AvgIpc) is 2.90. The fraction of sp³-hybridized carbons (Fsp3) is 0.500. The van der Waals surface area contributed by atoms with Crippen LogP contribution in [0, 0.1) is 5.41 Å². The molecule has 1 fully saturated rings. The lowest BCUT2D eigenvalue weighted by atomic mass is 9.90. The van der Waals surface area contributed by atoms with Crippen molar-refractivity contribution in [1.29, 1.82) is 0 Å². The van der Waals surface area contributed by atoms with Gasteiger partial charge in [-0.25, -0.2) is 8.42 Å². The van der Waals surface area contributed by atoms with Gasteiger partial charge in [-0.2, -0.15) is 0 Å². The van der Waals surface area contributed by atoms with Gasteiger partial charge in [0.05, 0.1) is 15.6 Å². The maximum atomic E-state index is 12.4. The summed E-state index contributed by atoms with van der Waals surface area (Å²) >= 11 is 0. The molecule has 0 unspecified atom stereocenters. The molecule has 2 rings (SSSR count). The molecule has 1 atom stereocenters. The van der Waals surface area contributed by atoms with Crippen LogP contribution in [-0.4, -0.2) is 48.6 Å². The molecule has 1 saturated heterocycles. The molecule has 0 aliphatic carbocycles. The zero-order chi connectivity index (χ0) is 17.4. The van der Waals surface area contributed by atoms with Crippen LogP contribution >= 0.6 is 0 Å². The van der Waals surface area contributed by atoms with Gasteiger partial charge in [-0.15, -0.1) is 0 Å². The number of carboxylic acids is 1. The Morgan fingerprint density at radius 2 is 1.78 bits per heavy atom. The first-order chi connectivity index (χ1) is 10.6. The van der Waals surface area contributed by atoms with E-state index in [1.807, 2.05) is 0 Å². The summed E-state index contributed by atoms with van der Waals surface area (Å²) in [5.41, 5.74) is -0.557. The number of nitrogens with zero attached hydrogens (tertiary/aromatic N) is 1. The Balaban J connectivity index is 2.18. The van der Waals surface area contributed by atoms with E-state index in [0.29, 0.717) is 18.5 Å². The number of carbonyl (C=O) groups is 2. The maximum absolute atomic E-state index is 12.4. The predicted octanol–water partition coefficient (Wildman–Crippen LogP) is 1.81. The van der Waals surface area contributed by atoms with E-state index in [1.165, 1.54) is 29.2 Å². The fourth-order valence-electron chi connectivity index (χ4n) is 2.55. The highest BCUT2D eigenvalue weighted by molar-refractivity contribution is 7.92. The van der Waals surface area contributed by atoms with Crippen molar-refractivity contribution >= 4 is 21.7 Å². The van der Waals surface area contributed by atoms with E-state index < -0.39 is 26.5 Å². The van der Waals surface area contributed by atoms with E-state index in [1.54, 1.807) is 20.8 Å². The second-order valence-corrected chi connectivity index (χ2v) is 8.96. The summed E-state index contributed by atoms with van der Waals surface area (Å²) in [6.45, 7) is 5.37. The van der Waals surface area contributed by atoms with E-state index in [9.17, 15) is 23.1 Å². The van der Waals surface area contributed by atoms with Crippen molar-refractivity contribution in [3.8, 4) is 0 Å². The van der Waals surface area contributed by atoms with Crippen LogP contribution in [-0.2, 0) is 14.6 Å². The van der Waals surface area contributed by atoms with Crippen LogP contribution in [0.4, 0.5) is 0 Å². The molecule has 1 aromatic rings. The number of amides is 1. The van der Waals surface area contributed by atoms with Gasteiger partial charge in [-0.3, -0.25) is 9.59 Å². The summed E-state index contributed by atoms with van der Waals surface area (Å²) in [7, 11) is -3.37. The SMILES string of the molecule is CC(C)S(=O)(=O)c1ccc(C(=O)N2CC[C@@](C)(C(=O)O)C2)cc1. The third kappa shape index (κ3) is 3.24. The van der Waals surface area contributed by atoms with Crippen molar-refractivity contribution < 1.29 is 23.1 Å². The van der Waals surface area contributed by atoms with Crippen molar-refractivity contribution in [3.05, 3.63) is 29.8 Å². The zero-order valence-electron chi connectivity index (χ0n) is 13.4. The summed E-state index contributed by atoms with van der Waals surface area (Å²) < 4.78 is 24.1. The lowest BCUT2D eigenvalue weighted by Gasteiger charge is -2.20. The van der Waals surface area contributed by atoms with E-state index in [4.69, 9.17) is 0 Å². The first-order valence-electron chi connectivity index (χ1n) is 7.44. The van der Waals surface area contributed by atoms with Crippen molar-refractivity contribution in [1.82, 2.24) is 4.90 Å². The number of hydrogen-bond acceptors (Lipinski definition) is 4. The molecule has 1 aliphatic rings. The van der Waals surface area contributed by atoms with Gasteiger partial charge in [0.2, 0.25) is 0 Å². The summed E-state index contributed by atoms with van der Waals surface area (Å²) in [5, 5.41) is 8.69. The van der Waals surface area contributed by atoms with Gasteiger partial charge in [0.25, 0.3) is 5.91 Å². The van der Waals surface area contributed by atoms with Crippen molar-refractivity contribution in [2.24, 2.45) is 5.41 Å². The standard InChI is InChI=1S/C16H21NO5S/c1-11(2)23(21,22)13-6-4-12(5-7-13)14(18)17-9-8-16(3,10-17)15(19)20/h4-7,11H,8-10H2,1-3H3,(H,19,20)/t16-/m1/s1. The van der Waals surface area contributed by atoms with E-state index in [0.717, 1.165) is 0 Å². The largest absolute Gasteiger partial charge is 0.481 e. The molecular formula is C16H21NO5S. The predicted molar refractivity (Wildman–Crippen MR) is 85.0 cm³/mol. The van der Waals surface area contributed by atoms with Crippen LogP contribution in [0.1, 0.15) is 37.6 Å². The van der Waals surface area contributed by atoms with Gasteiger partial charge in [0.1, 0.15) is 0 Å². The number of likely N-dealkylation sites (tertiary alicyclic amines) is 1. The first-order valence-corrected chi connectivity index (χ1v) is 8.99. The summed E-state index contributed by atoms with van der Waals surface area (Å²) in [6, 6.07) is 5.81. The lowest BCUT2D eigenvalue weighted by molar-refractivity contribution is -0.147. The van der Waals surface area contributed by atoms with Gasteiger partial charge in [-0.1, -0.05) is 0 Å². The van der Waals surface area contributed by atoms with Gasteiger partial charge >= 0.3 is 5.97 Å². The second-order valence-electron chi connectivity index (χ2n) is 6.46. The molecule has 1 aliphatic heterocycles. The normalized spacial score (nSPS) is 21.7. The van der Waals surface area contributed by atoms with Gasteiger partial charge < -0.3 is 10.0 Å². The highest BCUT2D eigenvalue weighted by atomic mass is 32.2. The van der Waals surface area contributed by atoms with E-state index in [-0.39, 0.29) is 17.3 Å². The van der Waals surface area contributed by atoms with Gasteiger partial charge in [-0.05, 0) is 51.5 Å². The Hall–Kier alpha value is -1.89. The van der Waals surface area contributed by atoms with Gasteiger partial charge in [0, 0.05) is 18.7 Å². The quantitative estimate of drug-likeness (QED) is 0.903. The molecular weight excluding hydrogens is 318 g/mol. The Morgan fingerprint density at radius 3 is 2.22 bits per heavy atom. The molecule has 1 aromatic carbocycles. The van der Waals surface area contributed by atoms with Crippen LogP contribution < -0.4 is 0 Å². The minimum atomic E-state index is -3.37. The van der Waals surface area contributed by atoms with Crippen LogP contribution in [0.2, 0.25) is 0 Å². The highest BCUT2D eigenvalue weighted by Gasteiger charge is 2.42. The summed E-state index contributed by atoms with van der Waals surface area (Å²) in [5.74, 6) is -1.19. The zero-order valence-corrected chi connectivity index (χ0v) is 14.3. The minimum absolute atomic E-state index is 0.160. The topological polar surface area (TPSA) is 91.8 Å². The molecule has 126 valence electrons. The average molecular weight is 339 g/mol. The molecule has 0 bridgehead atoms. The van der Waals surface area contributed by atoms with E-state index in [2.05, 4.69) is 0 Å². The molecule has 0 spiro atoms. The molecule has 7 heteroatoms. The Kier molecular flexibility index (Phi) is 4.52. The third-order valence-corrected chi connectivity index (χ3v) is 6.50. The number of hydrogen-bond donors (Lipinski definition) is 1. The number of benzene rings is 1. The number of carboxylic acid groups (broad SMARTS) is 1. The molecule has 1 amide bonds. The number of aliphatic carboxylic acids is 1. The number of sulfone groups is 1. The molecule has 0 aromatic heterocycles. The van der Waals surface area contributed by atoms with Gasteiger partial charge in [0.15, 0.2) is 9.84 Å². The lowest BCUT2D eigenvalue weighted by Crippen LogP contribution is -2.34. The molecule has 6 nitrogen and oxygen atoms in total. The van der Waals surface area contributed by atoms with Crippen LogP contribution in [0.25, 0.3) is 0 Å². The molecule has 1 heterocycles. The van der Waals surface area contributed by atoms with Crippen molar-refractivity contribution in [3.63, 3.8) is 0 Å².